The van der Waals surface area contributed by atoms with E-state index in [0.717, 1.165) is 17.8 Å². The third-order valence-electron chi connectivity index (χ3n) is 4.22. The van der Waals surface area contributed by atoms with Gasteiger partial charge >= 0.3 is 0 Å². The smallest absolute Gasteiger partial charge is 0.00390 e. The Hall–Kier alpha value is -0.0800. The number of hydrogen-bond acceptors (Lipinski definition) is 2. The molecule has 2 rings (SSSR count). The van der Waals surface area contributed by atoms with E-state index in [4.69, 9.17) is 5.73 Å². The van der Waals surface area contributed by atoms with Gasteiger partial charge in [0.1, 0.15) is 0 Å². The third kappa shape index (κ3) is 3.76. The minimum absolute atomic E-state index is 0.492. The van der Waals surface area contributed by atoms with Crippen molar-refractivity contribution in [2.75, 3.05) is 13.1 Å². The lowest BCUT2D eigenvalue weighted by Crippen LogP contribution is -2.33. The van der Waals surface area contributed by atoms with Crippen molar-refractivity contribution >= 4 is 0 Å². The molecular formula is C13H26N2. The third-order valence-corrected chi connectivity index (χ3v) is 4.22. The van der Waals surface area contributed by atoms with Crippen LogP contribution in [0, 0.1) is 17.8 Å². The molecular weight excluding hydrogens is 184 g/mol. The second kappa shape index (κ2) is 5.31. The first kappa shape index (κ1) is 11.4. The van der Waals surface area contributed by atoms with Gasteiger partial charge in [-0.1, -0.05) is 6.92 Å². The summed E-state index contributed by atoms with van der Waals surface area (Å²) in [6.45, 7) is 4.85. The van der Waals surface area contributed by atoms with Crippen LogP contribution in [0.3, 0.4) is 0 Å². The summed E-state index contributed by atoms with van der Waals surface area (Å²) in [4.78, 5) is 0. The van der Waals surface area contributed by atoms with E-state index in [1.807, 2.05) is 0 Å². The van der Waals surface area contributed by atoms with E-state index in [9.17, 15) is 0 Å². The highest BCUT2D eigenvalue weighted by molar-refractivity contribution is 4.81. The summed E-state index contributed by atoms with van der Waals surface area (Å²) < 4.78 is 0. The number of rotatable bonds is 5. The molecule has 2 saturated carbocycles. The molecule has 0 spiro atoms. The molecule has 15 heavy (non-hydrogen) atoms. The van der Waals surface area contributed by atoms with Gasteiger partial charge in [0.05, 0.1) is 0 Å². The maximum absolute atomic E-state index is 5.90. The summed E-state index contributed by atoms with van der Waals surface area (Å²) in [5, 5.41) is 3.65. The molecule has 2 nitrogen and oxygen atoms in total. The first-order chi connectivity index (χ1) is 7.25. The molecule has 0 aromatic rings. The monoisotopic (exact) mass is 210 g/mol. The van der Waals surface area contributed by atoms with E-state index >= 15 is 0 Å². The van der Waals surface area contributed by atoms with Gasteiger partial charge in [-0.15, -0.1) is 0 Å². The van der Waals surface area contributed by atoms with Crippen LogP contribution in [-0.4, -0.2) is 19.1 Å². The lowest BCUT2D eigenvalue weighted by atomic mass is 9.86. The van der Waals surface area contributed by atoms with Crippen molar-refractivity contribution in [2.45, 2.75) is 51.5 Å². The van der Waals surface area contributed by atoms with E-state index in [-0.39, 0.29) is 0 Å². The van der Waals surface area contributed by atoms with Gasteiger partial charge in [-0.2, -0.15) is 0 Å². The summed E-state index contributed by atoms with van der Waals surface area (Å²) in [6.07, 6.45) is 8.11. The van der Waals surface area contributed by atoms with Crippen LogP contribution in [0.4, 0.5) is 0 Å². The van der Waals surface area contributed by atoms with Gasteiger partial charge in [-0.25, -0.2) is 0 Å². The van der Waals surface area contributed by atoms with E-state index in [0.29, 0.717) is 6.04 Å². The highest BCUT2D eigenvalue weighted by atomic mass is 14.9. The Morgan fingerprint density at radius 3 is 2.40 bits per heavy atom. The molecule has 0 aliphatic heterocycles. The number of nitrogens with one attached hydrogen (secondary N) is 1. The van der Waals surface area contributed by atoms with E-state index in [1.54, 1.807) is 0 Å². The number of hydrogen-bond donors (Lipinski definition) is 2. The fourth-order valence-electron chi connectivity index (χ4n) is 2.74. The summed E-state index contributed by atoms with van der Waals surface area (Å²) in [5.41, 5.74) is 5.90. The Bertz CT molecular complexity index is 181. The first-order valence-corrected chi connectivity index (χ1v) is 6.72. The van der Waals surface area contributed by atoms with Crippen molar-refractivity contribution < 1.29 is 0 Å². The van der Waals surface area contributed by atoms with E-state index < -0.39 is 0 Å². The van der Waals surface area contributed by atoms with Crippen LogP contribution in [0.5, 0.6) is 0 Å². The largest absolute Gasteiger partial charge is 0.328 e. The van der Waals surface area contributed by atoms with Gasteiger partial charge in [0, 0.05) is 6.04 Å². The highest BCUT2D eigenvalue weighted by Crippen LogP contribution is 2.36. The predicted octanol–water partition coefficient (Wildman–Crippen LogP) is 2.14. The summed E-state index contributed by atoms with van der Waals surface area (Å²) in [5.74, 6) is 2.84. The predicted molar refractivity (Wildman–Crippen MR) is 64.7 cm³/mol. The maximum Gasteiger partial charge on any atom is 0.00390 e. The summed E-state index contributed by atoms with van der Waals surface area (Å²) >= 11 is 0. The van der Waals surface area contributed by atoms with Crippen molar-refractivity contribution in [2.24, 2.45) is 23.5 Å². The molecule has 0 aromatic heterocycles. The molecule has 0 radical (unpaired) electrons. The van der Waals surface area contributed by atoms with Crippen molar-refractivity contribution in [1.29, 1.82) is 0 Å². The van der Waals surface area contributed by atoms with Gasteiger partial charge in [-0.3, -0.25) is 0 Å². The Morgan fingerprint density at radius 2 is 1.80 bits per heavy atom. The van der Waals surface area contributed by atoms with Crippen molar-refractivity contribution in [3.63, 3.8) is 0 Å². The van der Waals surface area contributed by atoms with Crippen LogP contribution in [0.1, 0.15) is 45.4 Å². The lowest BCUT2D eigenvalue weighted by Gasteiger charge is -2.26. The molecule has 1 unspecified atom stereocenters. The Kier molecular flexibility index (Phi) is 4.04. The molecule has 2 fully saturated rings. The zero-order chi connectivity index (χ0) is 10.7. The van der Waals surface area contributed by atoms with Gasteiger partial charge in [0.2, 0.25) is 0 Å². The Labute approximate surface area is 94.0 Å². The Morgan fingerprint density at radius 1 is 1.13 bits per heavy atom. The van der Waals surface area contributed by atoms with E-state index in [1.165, 1.54) is 51.6 Å². The van der Waals surface area contributed by atoms with Crippen LogP contribution in [-0.2, 0) is 0 Å². The second-order valence-corrected chi connectivity index (χ2v) is 5.75. The summed E-state index contributed by atoms with van der Waals surface area (Å²) in [6, 6.07) is 0.492. The fourth-order valence-corrected chi connectivity index (χ4v) is 2.74. The van der Waals surface area contributed by atoms with Crippen LogP contribution < -0.4 is 11.1 Å². The lowest BCUT2D eigenvalue weighted by molar-refractivity contribution is 0.306. The van der Waals surface area contributed by atoms with Crippen LogP contribution in [0.15, 0.2) is 0 Å². The standard InChI is InChI=1S/C13H26N2/c1-10(12-4-5-12)8-15-9-11-2-6-13(14)7-3-11/h10-13,15H,2-9,14H2,1H3. The van der Waals surface area contributed by atoms with Crippen LogP contribution in [0.25, 0.3) is 0 Å². The van der Waals surface area contributed by atoms with Gasteiger partial charge < -0.3 is 11.1 Å². The normalized spacial score (nSPS) is 34.0. The molecule has 2 aliphatic rings. The van der Waals surface area contributed by atoms with Crippen molar-refractivity contribution in [3.05, 3.63) is 0 Å². The SMILES string of the molecule is CC(CNCC1CCC(N)CC1)C1CC1. The maximum atomic E-state index is 5.90. The molecule has 88 valence electrons. The van der Waals surface area contributed by atoms with Gasteiger partial charge in [0.15, 0.2) is 0 Å². The Balaban J connectivity index is 1.53. The van der Waals surface area contributed by atoms with Gasteiger partial charge in [0.25, 0.3) is 0 Å². The minimum atomic E-state index is 0.492. The molecule has 2 heteroatoms. The summed E-state index contributed by atoms with van der Waals surface area (Å²) in [7, 11) is 0. The zero-order valence-corrected chi connectivity index (χ0v) is 10.0. The average Bonchev–Trinajstić information content (AvgIpc) is 3.04. The molecule has 3 N–H and O–H groups in total. The second-order valence-electron chi connectivity index (χ2n) is 5.75. The molecule has 0 bridgehead atoms. The molecule has 1 atom stereocenters. The quantitative estimate of drug-likeness (QED) is 0.729. The van der Waals surface area contributed by atoms with Gasteiger partial charge in [-0.05, 0) is 69.4 Å². The minimum Gasteiger partial charge on any atom is -0.328 e. The first-order valence-electron chi connectivity index (χ1n) is 6.72. The van der Waals surface area contributed by atoms with Crippen molar-refractivity contribution in [1.82, 2.24) is 5.32 Å². The highest BCUT2D eigenvalue weighted by Gasteiger charge is 2.27. The molecule has 2 aliphatic carbocycles. The topological polar surface area (TPSA) is 38.0 Å². The van der Waals surface area contributed by atoms with E-state index in [2.05, 4.69) is 12.2 Å². The van der Waals surface area contributed by atoms with Crippen LogP contribution >= 0.6 is 0 Å². The molecule has 0 aromatic carbocycles. The van der Waals surface area contributed by atoms with Crippen molar-refractivity contribution in [3.8, 4) is 0 Å². The fraction of sp³-hybridized carbons (Fsp3) is 1.00. The number of nitrogens with two attached hydrogens (primary N) is 1. The molecule has 0 heterocycles. The van der Waals surface area contributed by atoms with Crippen LogP contribution in [0.2, 0.25) is 0 Å². The zero-order valence-electron chi connectivity index (χ0n) is 10.0. The molecule has 0 amide bonds. The average molecular weight is 210 g/mol. The molecule has 0 saturated heterocycles.